The minimum absolute atomic E-state index is 0.0567. The number of carbonyl (C=O) groups excluding carboxylic acids is 1. The molecule has 0 radical (unpaired) electrons. The summed E-state index contributed by atoms with van der Waals surface area (Å²) in [5.41, 5.74) is 5.78. The summed E-state index contributed by atoms with van der Waals surface area (Å²) in [6, 6.07) is 10.5. The summed E-state index contributed by atoms with van der Waals surface area (Å²) in [6.45, 7) is 1.91. The Labute approximate surface area is 235 Å². The van der Waals surface area contributed by atoms with Gasteiger partial charge in [0.25, 0.3) is 5.56 Å². The number of amides is 1. The number of aryl methyl sites for hydroxylation is 1. The second kappa shape index (κ2) is 10.5. The fourth-order valence-corrected chi connectivity index (χ4v) is 5.42. The normalized spacial score (nSPS) is 17.4. The minimum Gasteiger partial charge on any atom is -0.323 e. The molecule has 0 fully saturated rings. The molecule has 11 heteroatoms. The number of hydrogen-bond acceptors (Lipinski definition) is 6. The van der Waals surface area contributed by atoms with E-state index in [4.69, 9.17) is 16.6 Å². The van der Waals surface area contributed by atoms with E-state index in [0.29, 0.717) is 29.2 Å². The maximum Gasteiger partial charge on any atom is 0.254 e. The summed E-state index contributed by atoms with van der Waals surface area (Å²) in [4.78, 5) is 35.9. The van der Waals surface area contributed by atoms with Gasteiger partial charge < -0.3 is 5.32 Å². The molecule has 4 aromatic heterocycles. The van der Waals surface area contributed by atoms with Gasteiger partial charge in [-0.15, -0.1) is 0 Å². The molecule has 6 rings (SSSR count). The van der Waals surface area contributed by atoms with Gasteiger partial charge in [0, 0.05) is 53.1 Å². The Bertz CT molecular complexity index is 1760. The summed E-state index contributed by atoms with van der Waals surface area (Å²) in [5.74, 6) is -0.264. The third-order valence-electron chi connectivity index (χ3n) is 7.39. The zero-order valence-electron chi connectivity index (χ0n) is 22.0. The number of rotatable bonds is 3. The fraction of sp³-hybridized carbons (Fsp3) is 0.241. The van der Waals surface area contributed by atoms with Gasteiger partial charge in [0.1, 0.15) is 0 Å². The number of pyridine rings is 1. The van der Waals surface area contributed by atoms with Gasteiger partial charge >= 0.3 is 0 Å². The highest BCUT2D eigenvalue weighted by molar-refractivity contribution is 6.31. The average molecular weight is 555 g/mol. The highest BCUT2D eigenvalue weighted by atomic mass is 35.5. The van der Waals surface area contributed by atoms with Crippen LogP contribution in [0, 0.1) is 5.92 Å². The lowest BCUT2D eigenvalue weighted by molar-refractivity contribution is -0.119. The van der Waals surface area contributed by atoms with E-state index in [1.54, 1.807) is 52.5 Å². The van der Waals surface area contributed by atoms with Crippen LogP contribution in [0.15, 0.2) is 72.3 Å². The molecule has 2 N–H and O–H groups in total. The van der Waals surface area contributed by atoms with E-state index in [0.717, 1.165) is 40.1 Å². The molecule has 202 valence electrons. The van der Waals surface area contributed by atoms with Crippen LogP contribution >= 0.6 is 11.6 Å². The van der Waals surface area contributed by atoms with Crippen molar-refractivity contribution in [3.05, 3.63) is 88.6 Å². The first-order chi connectivity index (χ1) is 19.4. The Hall–Kier alpha value is -4.57. The van der Waals surface area contributed by atoms with Crippen molar-refractivity contribution in [2.75, 3.05) is 5.32 Å². The van der Waals surface area contributed by atoms with Crippen LogP contribution in [-0.4, -0.2) is 40.4 Å². The van der Waals surface area contributed by atoms with E-state index < -0.39 is 0 Å². The molecule has 0 aliphatic carbocycles. The van der Waals surface area contributed by atoms with Crippen molar-refractivity contribution < 1.29 is 4.79 Å². The molecule has 2 atom stereocenters. The number of H-pyrrole nitrogens is 1. The Morgan fingerprint density at radius 3 is 2.67 bits per heavy atom. The summed E-state index contributed by atoms with van der Waals surface area (Å²) in [5, 5.41) is 14.8. The van der Waals surface area contributed by atoms with Crippen LogP contribution in [0.5, 0.6) is 0 Å². The minimum atomic E-state index is -0.368. The smallest absolute Gasteiger partial charge is 0.254 e. The standard InChI is InChI=1S/C29H27ClN8O2/c1-17-4-3-5-26(24-10-18(8-9-31-24)28-25(36-29(17)40)15-35-37(28)2)38-16-32-23(12-27(38)39)22-11-20(30)6-7-21(22)19-13-33-34-14-19/h6-17,26H,3-5H2,1-2H3,(H,33,34)(H,36,40). The summed E-state index contributed by atoms with van der Waals surface area (Å²) in [7, 11) is 1.83. The second-order valence-electron chi connectivity index (χ2n) is 10.0. The molecule has 40 heavy (non-hydrogen) atoms. The lowest BCUT2D eigenvalue weighted by Gasteiger charge is -2.22. The van der Waals surface area contributed by atoms with Crippen LogP contribution in [0.1, 0.15) is 37.9 Å². The summed E-state index contributed by atoms with van der Waals surface area (Å²) in [6.07, 6.45) is 10.5. The first-order valence-electron chi connectivity index (χ1n) is 13.1. The zero-order valence-corrected chi connectivity index (χ0v) is 22.8. The SMILES string of the molecule is CC1CCCC(n2cnc(-c3cc(Cl)ccc3-c3cn[nH]c3)cc2=O)c2cc(ccn2)-c2c(cnn2C)NC1=O. The molecule has 1 aromatic carbocycles. The highest BCUT2D eigenvalue weighted by Crippen LogP contribution is 2.34. The first-order valence-corrected chi connectivity index (χ1v) is 13.4. The van der Waals surface area contributed by atoms with Gasteiger partial charge in [-0.2, -0.15) is 10.2 Å². The number of aromatic amines is 1. The van der Waals surface area contributed by atoms with Crippen LogP contribution in [0.4, 0.5) is 5.69 Å². The third-order valence-corrected chi connectivity index (χ3v) is 7.63. The molecule has 1 aliphatic rings. The van der Waals surface area contributed by atoms with E-state index >= 15 is 0 Å². The fourth-order valence-electron chi connectivity index (χ4n) is 5.25. The molecule has 1 aliphatic heterocycles. The quantitative estimate of drug-likeness (QED) is 0.320. The molecule has 2 bridgehead atoms. The molecule has 2 unspecified atom stereocenters. The van der Waals surface area contributed by atoms with Crippen LogP contribution < -0.4 is 10.9 Å². The number of halogens is 1. The molecule has 5 aromatic rings. The molecule has 0 saturated heterocycles. The van der Waals surface area contributed by atoms with Crippen molar-refractivity contribution in [1.29, 1.82) is 0 Å². The van der Waals surface area contributed by atoms with Crippen molar-refractivity contribution in [2.24, 2.45) is 13.0 Å². The van der Waals surface area contributed by atoms with E-state index in [2.05, 4.69) is 25.6 Å². The van der Waals surface area contributed by atoms with Crippen molar-refractivity contribution in [3.63, 3.8) is 0 Å². The van der Waals surface area contributed by atoms with E-state index in [9.17, 15) is 9.59 Å². The van der Waals surface area contributed by atoms with Gasteiger partial charge in [-0.05, 0) is 42.7 Å². The molecular weight excluding hydrogens is 528 g/mol. The van der Waals surface area contributed by atoms with Crippen LogP contribution in [0.3, 0.4) is 0 Å². The van der Waals surface area contributed by atoms with Gasteiger partial charge in [0.15, 0.2) is 0 Å². The van der Waals surface area contributed by atoms with Gasteiger partial charge in [-0.3, -0.25) is 28.9 Å². The van der Waals surface area contributed by atoms with Crippen molar-refractivity contribution in [2.45, 2.75) is 32.2 Å². The number of anilines is 1. The molecular formula is C29H27ClN8O2. The largest absolute Gasteiger partial charge is 0.323 e. The Morgan fingerprint density at radius 1 is 1.00 bits per heavy atom. The van der Waals surface area contributed by atoms with E-state index in [1.807, 2.05) is 32.2 Å². The second-order valence-corrected chi connectivity index (χ2v) is 10.5. The van der Waals surface area contributed by atoms with Crippen LogP contribution in [0.2, 0.25) is 5.02 Å². The maximum absolute atomic E-state index is 13.7. The topological polar surface area (TPSA) is 123 Å². The zero-order chi connectivity index (χ0) is 27.8. The number of nitrogens with one attached hydrogen (secondary N) is 2. The number of fused-ring (bicyclic) bond motifs is 4. The van der Waals surface area contributed by atoms with Crippen molar-refractivity contribution >= 4 is 23.2 Å². The van der Waals surface area contributed by atoms with Crippen LogP contribution in [0.25, 0.3) is 33.6 Å². The van der Waals surface area contributed by atoms with Crippen LogP contribution in [-0.2, 0) is 11.8 Å². The lowest BCUT2D eigenvalue weighted by Crippen LogP contribution is -2.27. The predicted octanol–water partition coefficient (Wildman–Crippen LogP) is 5.10. The number of benzene rings is 1. The van der Waals surface area contributed by atoms with Crippen molar-refractivity contribution in [3.8, 4) is 33.6 Å². The number of aromatic nitrogens is 7. The molecule has 1 amide bonds. The molecule has 0 saturated carbocycles. The Kier molecular flexibility index (Phi) is 6.77. The molecule has 5 heterocycles. The average Bonchev–Trinajstić information content (AvgIpc) is 3.61. The van der Waals surface area contributed by atoms with Gasteiger partial charge in [-0.25, -0.2) is 4.98 Å². The summed E-state index contributed by atoms with van der Waals surface area (Å²) < 4.78 is 3.35. The van der Waals surface area contributed by atoms with Gasteiger partial charge in [0.05, 0.1) is 47.5 Å². The monoisotopic (exact) mass is 554 g/mol. The lowest BCUT2D eigenvalue weighted by atomic mass is 9.96. The van der Waals surface area contributed by atoms with E-state index in [-0.39, 0.29) is 23.4 Å². The molecule has 0 spiro atoms. The number of carbonyl (C=O) groups is 1. The van der Waals surface area contributed by atoms with Gasteiger partial charge in [-0.1, -0.05) is 31.0 Å². The Balaban J connectivity index is 1.44. The number of nitrogens with zero attached hydrogens (tertiary/aromatic N) is 6. The first kappa shape index (κ1) is 25.7. The third kappa shape index (κ3) is 4.82. The highest BCUT2D eigenvalue weighted by Gasteiger charge is 2.24. The van der Waals surface area contributed by atoms with E-state index in [1.165, 1.54) is 6.07 Å². The summed E-state index contributed by atoms with van der Waals surface area (Å²) >= 11 is 6.33. The molecule has 10 nitrogen and oxygen atoms in total. The number of hydrogen-bond donors (Lipinski definition) is 2. The van der Waals surface area contributed by atoms with Crippen molar-refractivity contribution in [1.82, 2.24) is 34.5 Å². The predicted molar refractivity (Wildman–Crippen MR) is 153 cm³/mol. The van der Waals surface area contributed by atoms with Gasteiger partial charge in [0.2, 0.25) is 5.91 Å². The Morgan fingerprint density at radius 2 is 1.88 bits per heavy atom. The maximum atomic E-state index is 13.7.